The first kappa shape index (κ1) is 15.2. The Bertz CT molecular complexity index is 706. The van der Waals surface area contributed by atoms with Crippen LogP contribution >= 0.6 is 22.6 Å². The third-order valence-corrected chi connectivity index (χ3v) is 3.53. The molecule has 8 heteroatoms. The van der Waals surface area contributed by atoms with Crippen molar-refractivity contribution in [3.05, 3.63) is 55.8 Å². The van der Waals surface area contributed by atoms with Crippen molar-refractivity contribution in [2.24, 2.45) is 0 Å². The number of halogens is 1. The Kier molecular flexibility index (Phi) is 4.68. The van der Waals surface area contributed by atoms with E-state index in [2.05, 4.69) is 37.6 Å². The number of para-hydroxylation sites is 1. The van der Waals surface area contributed by atoms with Crippen molar-refractivity contribution >= 4 is 45.8 Å². The van der Waals surface area contributed by atoms with E-state index in [0.717, 1.165) is 3.57 Å². The molecule has 2 rings (SSSR count). The lowest BCUT2D eigenvalue weighted by atomic mass is 10.3. The predicted molar refractivity (Wildman–Crippen MR) is 84.7 cm³/mol. The molecule has 1 heterocycles. The summed E-state index contributed by atoms with van der Waals surface area (Å²) in [6.07, 6.45) is 0. The zero-order chi connectivity index (χ0) is 15.4. The number of carbonyl (C=O) groups excluding carboxylic acids is 1. The van der Waals surface area contributed by atoms with Crippen LogP contribution < -0.4 is 5.32 Å². The average Bonchev–Trinajstić information content (AvgIpc) is 2.48. The number of anilines is 2. The van der Waals surface area contributed by atoms with E-state index in [9.17, 15) is 14.9 Å². The topological polar surface area (TPSA) is 94.4 Å². The highest BCUT2D eigenvalue weighted by molar-refractivity contribution is 14.1. The number of nitrogens with zero attached hydrogens (tertiary/aromatic N) is 2. The highest BCUT2D eigenvalue weighted by Gasteiger charge is 2.19. The van der Waals surface area contributed by atoms with Crippen molar-refractivity contribution in [1.82, 2.24) is 4.98 Å². The van der Waals surface area contributed by atoms with Gasteiger partial charge in [0.05, 0.1) is 17.7 Å². The number of methoxy groups -OCH3 is 1. The highest BCUT2D eigenvalue weighted by atomic mass is 127. The van der Waals surface area contributed by atoms with E-state index >= 15 is 0 Å². The summed E-state index contributed by atoms with van der Waals surface area (Å²) in [6.45, 7) is 0. The number of ether oxygens (including phenoxy) is 1. The first-order chi connectivity index (χ1) is 10.0. The smallest absolute Gasteiger partial charge is 0.356 e. The van der Waals surface area contributed by atoms with Crippen molar-refractivity contribution in [1.29, 1.82) is 0 Å². The zero-order valence-corrected chi connectivity index (χ0v) is 13.0. The fourth-order valence-electron chi connectivity index (χ4n) is 1.60. The SMILES string of the molecule is COC(=O)c1ccc([N+](=O)[O-])c(Nc2ccccc2I)n1. The molecule has 0 atom stereocenters. The lowest BCUT2D eigenvalue weighted by Crippen LogP contribution is -2.08. The lowest BCUT2D eigenvalue weighted by Gasteiger charge is -2.09. The second-order valence-corrected chi connectivity index (χ2v) is 5.08. The maximum absolute atomic E-state index is 11.5. The van der Waals surface area contributed by atoms with Crippen molar-refractivity contribution in [2.45, 2.75) is 0 Å². The Hall–Kier alpha value is -2.23. The van der Waals surface area contributed by atoms with Gasteiger partial charge in [0.25, 0.3) is 0 Å². The summed E-state index contributed by atoms with van der Waals surface area (Å²) >= 11 is 2.09. The van der Waals surface area contributed by atoms with E-state index in [4.69, 9.17) is 0 Å². The molecule has 0 amide bonds. The molecular weight excluding hydrogens is 389 g/mol. The van der Waals surface area contributed by atoms with Crippen LogP contribution in [0, 0.1) is 13.7 Å². The van der Waals surface area contributed by atoms with Crippen molar-refractivity contribution < 1.29 is 14.5 Å². The molecule has 0 bridgehead atoms. The number of rotatable bonds is 4. The molecule has 0 saturated carbocycles. The molecule has 0 fully saturated rings. The van der Waals surface area contributed by atoms with Crippen LogP contribution in [0.2, 0.25) is 0 Å². The van der Waals surface area contributed by atoms with Gasteiger partial charge in [-0.1, -0.05) is 12.1 Å². The molecular formula is C13H10IN3O4. The van der Waals surface area contributed by atoms with Crippen molar-refractivity contribution in [3.8, 4) is 0 Å². The number of hydrogen-bond donors (Lipinski definition) is 1. The summed E-state index contributed by atoms with van der Waals surface area (Å²) < 4.78 is 5.44. The van der Waals surface area contributed by atoms with E-state index < -0.39 is 10.9 Å². The summed E-state index contributed by atoms with van der Waals surface area (Å²) in [6, 6.07) is 9.72. The van der Waals surface area contributed by atoms with Gasteiger partial charge >= 0.3 is 11.7 Å². The molecule has 7 nitrogen and oxygen atoms in total. The summed E-state index contributed by atoms with van der Waals surface area (Å²) in [5.41, 5.74) is 0.439. The minimum Gasteiger partial charge on any atom is -0.464 e. The third kappa shape index (κ3) is 3.45. The largest absolute Gasteiger partial charge is 0.464 e. The van der Waals surface area contributed by atoms with Gasteiger partial charge in [-0.2, -0.15) is 0 Å². The first-order valence-corrected chi connectivity index (χ1v) is 6.86. The molecule has 0 saturated heterocycles. The van der Waals surface area contributed by atoms with E-state index in [1.54, 1.807) is 12.1 Å². The van der Waals surface area contributed by atoms with Gasteiger partial charge in [-0.05, 0) is 40.8 Å². The van der Waals surface area contributed by atoms with Gasteiger partial charge in [-0.3, -0.25) is 10.1 Å². The van der Waals surface area contributed by atoms with Gasteiger partial charge in [0.1, 0.15) is 0 Å². The number of nitrogens with one attached hydrogen (secondary N) is 1. The fourth-order valence-corrected chi connectivity index (χ4v) is 2.12. The second-order valence-electron chi connectivity index (χ2n) is 3.92. The van der Waals surface area contributed by atoms with E-state index in [1.807, 2.05) is 12.1 Å². The zero-order valence-electron chi connectivity index (χ0n) is 10.9. The van der Waals surface area contributed by atoms with Crippen LogP contribution in [0.15, 0.2) is 36.4 Å². The van der Waals surface area contributed by atoms with Gasteiger partial charge in [-0.25, -0.2) is 9.78 Å². The van der Waals surface area contributed by atoms with Crippen LogP contribution in [0.3, 0.4) is 0 Å². The van der Waals surface area contributed by atoms with Crippen LogP contribution in [0.5, 0.6) is 0 Å². The monoisotopic (exact) mass is 399 g/mol. The minimum absolute atomic E-state index is 0.00320. The Labute approximate surface area is 133 Å². The summed E-state index contributed by atoms with van der Waals surface area (Å²) in [5, 5.41) is 13.9. The molecule has 0 aliphatic heterocycles. The van der Waals surface area contributed by atoms with E-state index in [1.165, 1.54) is 19.2 Å². The van der Waals surface area contributed by atoms with Gasteiger partial charge in [-0.15, -0.1) is 0 Å². The van der Waals surface area contributed by atoms with Gasteiger partial charge < -0.3 is 10.1 Å². The molecule has 0 radical (unpaired) electrons. The van der Waals surface area contributed by atoms with Crippen LogP contribution in [-0.4, -0.2) is 23.0 Å². The van der Waals surface area contributed by atoms with Gasteiger partial charge in [0.15, 0.2) is 5.69 Å². The van der Waals surface area contributed by atoms with Gasteiger partial charge in [0.2, 0.25) is 5.82 Å². The van der Waals surface area contributed by atoms with Crippen LogP contribution in [-0.2, 0) is 4.74 Å². The van der Waals surface area contributed by atoms with Gasteiger partial charge in [0, 0.05) is 9.64 Å². The molecule has 0 aliphatic carbocycles. The highest BCUT2D eigenvalue weighted by Crippen LogP contribution is 2.28. The van der Waals surface area contributed by atoms with Crippen LogP contribution in [0.25, 0.3) is 0 Å². The minimum atomic E-state index is -0.657. The Balaban J connectivity index is 2.46. The number of esters is 1. The molecule has 0 spiro atoms. The number of aromatic nitrogens is 1. The second kappa shape index (κ2) is 6.48. The number of benzene rings is 1. The normalized spacial score (nSPS) is 10.0. The standard InChI is InChI=1S/C13H10IN3O4/c1-21-13(18)10-6-7-11(17(19)20)12(16-10)15-9-5-3-2-4-8(9)14/h2-7H,1H3,(H,15,16). The molecule has 0 unspecified atom stereocenters. The quantitative estimate of drug-likeness (QED) is 0.368. The number of carbonyl (C=O) groups is 1. The van der Waals surface area contributed by atoms with Crippen molar-refractivity contribution in [2.75, 3.05) is 12.4 Å². The Morgan fingerprint density at radius 1 is 1.33 bits per heavy atom. The maximum atomic E-state index is 11.5. The summed E-state index contributed by atoms with van der Waals surface area (Å²) in [7, 11) is 1.22. The number of nitro groups is 1. The predicted octanol–water partition coefficient (Wildman–Crippen LogP) is 3.12. The molecule has 21 heavy (non-hydrogen) atoms. The summed E-state index contributed by atoms with van der Waals surface area (Å²) in [4.78, 5) is 25.9. The van der Waals surface area contributed by atoms with Crippen molar-refractivity contribution in [3.63, 3.8) is 0 Å². The Morgan fingerprint density at radius 2 is 2.05 bits per heavy atom. The number of hydrogen-bond acceptors (Lipinski definition) is 6. The van der Waals surface area contributed by atoms with Crippen LogP contribution in [0.4, 0.5) is 17.2 Å². The molecule has 108 valence electrons. The van der Waals surface area contributed by atoms with E-state index in [-0.39, 0.29) is 17.2 Å². The molecule has 1 N–H and O–H groups in total. The van der Waals surface area contributed by atoms with Crippen LogP contribution in [0.1, 0.15) is 10.5 Å². The fraction of sp³-hybridized carbons (Fsp3) is 0.0769. The average molecular weight is 399 g/mol. The maximum Gasteiger partial charge on any atom is 0.356 e. The number of pyridine rings is 1. The molecule has 0 aliphatic rings. The molecule has 2 aromatic rings. The lowest BCUT2D eigenvalue weighted by molar-refractivity contribution is -0.384. The molecule has 1 aromatic carbocycles. The Morgan fingerprint density at radius 3 is 2.67 bits per heavy atom. The summed E-state index contributed by atoms with van der Waals surface area (Å²) in [5.74, 6) is -0.664. The molecule has 1 aromatic heterocycles. The third-order valence-electron chi connectivity index (χ3n) is 2.59. The first-order valence-electron chi connectivity index (χ1n) is 5.78. The van der Waals surface area contributed by atoms with E-state index in [0.29, 0.717) is 5.69 Å².